The zero-order valence-electron chi connectivity index (χ0n) is 36.0. The van der Waals surface area contributed by atoms with Gasteiger partial charge in [-0.05, 0) is 137 Å². The van der Waals surface area contributed by atoms with Gasteiger partial charge in [-0.3, -0.25) is 0 Å². The van der Waals surface area contributed by atoms with Crippen molar-refractivity contribution in [1.82, 2.24) is 0 Å². The molecule has 0 saturated carbocycles. The van der Waals surface area contributed by atoms with Crippen LogP contribution in [0.1, 0.15) is 0 Å². The van der Waals surface area contributed by atoms with Gasteiger partial charge in [-0.2, -0.15) is 0 Å². The molecule has 0 aliphatic heterocycles. The summed E-state index contributed by atoms with van der Waals surface area (Å²) in [5, 5.41) is 12.0. The molecular weight excluding hydrogens is 799 g/mol. The van der Waals surface area contributed by atoms with Gasteiger partial charge in [-0.15, -0.1) is 0 Å². The Morgan fingerprint density at radius 1 is 0.273 bits per heavy atom. The van der Waals surface area contributed by atoms with Gasteiger partial charge in [-0.25, -0.2) is 0 Å². The van der Waals surface area contributed by atoms with E-state index in [4.69, 9.17) is 4.42 Å². The molecule has 0 saturated heterocycles. The average molecular weight is 840 g/mol. The third kappa shape index (κ3) is 6.26. The van der Waals surface area contributed by atoms with Gasteiger partial charge in [0.2, 0.25) is 0 Å². The highest BCUT2D eigenvalue weighted by molar-refractivity contribution is 6.22. The average Bonchev–Trinajstić information content (AvgIpc) is 3.79. The minimum atomic E-state index is 0.897. The molecule has 0 atom stereocenters. The highest BCUT2D eigenvalue weighted by Gasteiger charge is 2.20. The highest BCUT2D eigenvalue weighted by atomic mass is 16.3. The fraction of sp³-hybridized carbons (Fsp3) is 0. The lowest BCUT2D eigenvalue weighted by atomic mass is 9.84. The minimum absolute atomic E-state index is 0.897. The van der Waals surface area contributed by atoms with E-state index in [1.54, 1.807) is 0 Å². The predicted octanol–water partition coefficient (Wildman–Crippen LogP) is 18.3. The van der Waals surface area contributed by atoms with Crippen molar-refractivity contribution >= 4 is 82.1 Å². The molecule has 1 aromatic heterocycles. The van der Waals surface area contributed by atoms with Crippen molar-refractivity contribution in [1.29, 1.82) is 0 Å². The molecule has 0 fully saturated rings. The summed E-state index contributed by atoms with van der Waals surface area (Å²) in [4.78, 5) is 2.37. The Bertz CT molecular complexity index is 3960. The Morgan fingerprint density at radius 3 is 1.53 bits per heavy atom. The maximum Gasteiger partial charge on any atom is 0.143 e. The molecular formula is C64H41NO. The monoisotopic (exact) mass is 839 g/mol. The topological polar surface area (TPSA) is 16.4 Å². The minimum Gasteiger partial charge on any atom is -0.455 e. The molecule has 66 heavy (non-hydrogen) atoms. The van der Waals surface area contributed by atoms with Crippen molar-refractivity contribution in [2.75, 3.05) is 4.90 Å². The van der Waals surface area contributed by atoms with Crippen LogP contribution >= 0.6 is 0 Å². The largest absolute Gasteiger partial charge is 0.455 e. The molecule has 0 radical (unpaired) electrons. The lowest BCUT2D eigenvalue weighted by molar-refractivity contribution is 0.673. The first kappa shape index (κ1) is 37.8. The molecule has 2 heteroatoms. The van der Waals surface area contributed by atoms with E-state index in [0.717, 1.165) is 61.1 Å². The van der Waals surface area contributed by atoms with Crippen molar-refractivity contribution in [3.8, 4) is 44.5 Å². The summed E-state index contributed by atoms with van der Waals surface area (Å²) >= 11 is 0. The molecule has 0 amide bonds. The van der Waals surface area contributed by atoms with Gasteiger partial charge < -0.3 is 9.32 Å². The van der Waals surface area contributed by atoms with Crippen LogP contribution in [-0.2, 0) is 0 Å². The van der Waals surface area contributed by atoms with Gasteiger partial charge in [0.05, 0.1) is 0 Å². The summed E-state index contributed by atoms with van der Waals surface area (Å²) in [6, 6.07) is 90.2. The molecule has 13 aromatic rings. The molecule has 0 N–H and O–H groups in total. The van der Waals surface area contributed by atoms with Gasteiger partial charge in [0.15, 0.2) is 0 Å². The summed E-state index contributed by atoms with van der Waals surface area (Å²) < 4.78 is 6.56. The summed E-state index contributed by atoms with van der Waals surface area (Å²) in [6.45, 7) is 0. The van der Waals surface area contributed by atoms with Crippen LogP contribution in [0, 0.1) is 0 Å². The molecule has 12 aromatic carbocycles. The van der Waals surface area contributed by atoms with Crippen molar-refractivity contribution in [2.24, 2.45) is 0 Å². The zero-order chi connectivity index (χ0) is 43.6. The number of anilines is 3. The Labute approximate surface area is 382 Å². The molecule has 0 aliphatic rings. The first-order chi connectivity index (χ1) is 32.7. The number of hydrogen-bond acceptors (Lipinski definition) is 2. The van der Waals surface area contributed by atoms with Crippen molar-refractivity contribution in [2.45, 2.75) is 0 Å². The zero-order valence-corrected chi connectivity index (χ0v) is 36.0. The number of benzene rings is 12. The second-order valence-electron chi connectivity index (χ2n) is 17.2. The number of rotatable bonds is 7. The van der Waals surface area contributed by atoms with E-state index in [9.17, 15) is 0 Å². The van der Waals surface area contributed by atoms with E-state index in [1.165, 1.54) is 65.5 Å². The molecule has 1 heterocycles. The Morgan fingerprint density at radius 2 is 0.803 bits per heavy atom. The van der Waals surface area contributed by atoms with Crippen LogP contribution in [0.5, 0.6) is 0 Å². The summed E-state index contributed by atoms with van der Waals surface area (Å²) in [5.74, 6) is 0. The fourth-order valence-electron chi connectivity index (χ4n) is 10.3. The number of nitrogens with zero attached hydrogens (tertiary/aromatic N) is 1. The maximum absolute atomic E-state index is 6.56. The number of furan rings is 1. The molecule has 0 bridgehead atoms. The smallest absolute Gasteiger partial charge is 0.143 e. The Kier molecular flexibility index (Phi) is 8.89. The highest BCUT2D eigenvalue weighted by Crippen LogP contribution is 2.46. The predicted molar refractivity (Wildman–Crippen MR) is 280 cm³/mol. The molecule has 308 valence electrons. The SMILES string of the molecule is c1ccc(-c2c(-c3ccccc3)c3cc(-c4ccc(N(c5ccc(-c6cccc7oc8c9ccccc9ccc8c67)cc5)c5ccc6ccccc6c5)cc4)ccc3c3ccccc23)cc1. The first-order valence-corrected chi connectivity index (χ1v) is 22.7. The van der Waals surface area contributed by atoms with E-state index in [2.05, 4.69) is 254 Å². The van der Waals surface area contributed by atoms with Crippen LogP contribution in [-0.4, -0.2) is 0 Å². The third-order valence-electron chi connectivity index (χ3n) is 13.4. The Balaban J connectivity index is 0.931. The quantitative estimate of drug-likeness (QED) is 0.149. The van der Waals surface area contributed by atoms with Crippen LogP contribution in [0.3, 0.4) is 0 Å². The van der Waals surface area contributed by atoms with E-state index in [1.807, 2.05) is 0 Å². The summed E-state index contributed by atoms with van der Waals surface area (Å²) in [6.07, 6.45) is 0. The van der Waals surface area contributed by atoms with Crippen LogP contribution in [0.2, 0.25) is 0 Å². The van der Waals surface area contributed by atoms with Crippen molar-refractivity contribution in [3.63, 3.8) is 0 Å². The van der Waals surface area contributed by atoms with E-state index in [0.29, 0.717) is 0 Å². The van der Waals surface area contributed by atoms with E-state index in [-0.39, 0.29) is 0 Å². The number of hydrogen-bond donors (Lipinski definition) is 0. The van der Waals surface area contributed by atoms with Crippen LogP contribution < -0.4 is 4.90 Å². The van der Waals surface area contributed by atoms with Gasteiger partial charge in [-0.1, -0.05) is 194 Å². The molecule has 0 spiro atoms. The Hall–Kier alpha value is -8.72. The maximum atomic E-state index is 6.56. The number of fused-ring (bicyclic) bond motifs is 9. The standard InChI is InChI=1S/C64H41NO/c1-3-16-46(17-4-1)61-57-23-12-11-22-55(57)56-38-32-49(41-59(56)62(61)47-18-5-2-6-19-47)43-26-33-50(34-27-43)65(52-37-28-42-14-7-8-20-48(42)40-52)51-35-29-45(30-36-51)53-24-13-25-60-63(53)58-39-31-44-15-9-10-21-54(44)64(58)66-60/h1-41H. The first-order valence-electron chi connectivity index (χ1n) is 22.7. The second-order valence-corrected chi connectivity index (χ2v) is 17.2. The molecule has 13 rings (SSSR count). The van der Waals surface area contributed by atoms with Crippen molar-refractivity contribution in [3.05, 3.63) is 249 Å². The van der Waals surface area contributed by atoms with Gasteiger partial charge in [0.25, 0.3) is 0 Å². The third-order valence-corrected chi connectivity index (χ3v) is 13.4. The van der Waals surface area contributed by atoms with E-state index >= 15 is 0 Å². The normalized spacial score (nSPS) is 11.6. The van der Waals surface area contributed by atoms with E-state index < -0.39 is 0 Å². The fourth-order valence-corrected chi connectivity index (χ4v) is 10.3. The van der Waals surface area contributed by atoms with Crippen molar-refractivity contribution < 1.29 is 4.42 Å². The van der Waals surface area contributed by atoms with Gasteiger partial charge >= 0.3 is 0 Å². The lowest BCUT2D eigenvalue weighted by Gasteiger charge is -2.26. The van der Waals surface area contributed by atoms with Crippen LogP contribution in [0.25, 0.3) is 110 Å². The van der Waals surface area contributed by atoms with Gasteiger partial charge in [0.1, 0.15) is 11.2 Å². The lowest BCUT2D eigenvalue weighted by Crippen LogP contribution is -2.09. The molecule has 2 nitrogen and oxygen atoms in total. The molecule has 0 aliphatic carbocycles. The van der Waals surface area contributed by atoms with Gasteiger partial charge in [0, 0.05) is 33.2 Å². The van der Waals surface area contributed by atoms with Crippen LogP contribution in [0.4, 0.5) is 17.1 Å². The molecule has 0 unspecified atom stereocenters. The second kappa shape index (κ2) is 15.5. The summed E-state index contributed by atoms with van der Waals surface area (Å²) in [5.41, 5.74) is 14.7. The van der Waals surface area contributed by atoms with Crippen LogP contribution in [0.15, 0.2) is 253 Å². The summed E-state index contributed by atoms with van der Waals surface area (Å²) in [7, 11) is 0.